The first-order valence-electron chi connectivity index (χ1n) is 7.57. The van der Waals surface area contributed by atoms with Crippen LogP contribution in [0.15, 0.2) is 24.3 Å². The molecule has 1 aliphatic heterocycles. The molecule has 4 amide bonds. The Morgan fingerprint density at radius 1 is 1.17 bits per heavy atom. The summed E-state index contributed by atoms with van der Waals surface area (Å²) < 4.78 is 0. The van der Waals surface area contributed by atoms with Crippen molar-refractivity contribution in [2.24, 2.45) is 0 Å². The van der Waals surface area contributed by atoms with Gasteiger partial charge >= 0.3 is 12.0 Å². The minimum atomic E-state index is -1.19. The van der Waals surface area contributed by atoms with Crippen molar-refractivity contribution >= 4 is 23.8 Å². The number of imide groups is 1. The zero-order chi connectivity index (χ0) is 17.5. The molecule has 0 bridgehead atoms. The van der Waals surface area contributed by atoms with Gasteiger partial charge in [0.2, 0.25) is 0 Å². The Bertz CT molecular complexity index is 739. The Labute approximate surface area is 137 Å². The molecule has 1 saturated heterocycles. The summed E-state index contributed by atoms with van der Waals surface area (Å²) in [6.45, 7) is 1.57. The van der Waals surface area contributed by atoms with Crippen LogP contribution >= 0.6 is 0 Å². The Kier molecular flexibility index (Phi) is 3.55. The molecular weight excluding hydrogens is 314 g/mol. The third kappa shape index (κ3) is 2.40. The molecule has 4 N–H and O–H groups in total. The highest BCUT2D eigenvalue weighted by atomic mass is 16.4. The number of carboxylic acids is 1. The molecule has 1 aliphatic carbocycles. The van der Waals surface area contributed by atoms with E-state index < -0.39 is 34.9 Å². The summed E-state index contributed by atoms with van der Waals surface area (Å²) in [5.74, 6) is -1.98. The summed E-state index contributed by atoms with van der Waals surface area (Å²) in [6, 6.07) is 5.56. The third-order valence-electron chi connectivity index (χ3n) is 4.74. The van der Waals surface area contributed by atoms with Crippen LogP contribution < -0.4 is 16.0 Å². The normalized spacial score (nSPS) is 24.5. The molecule has 0 radical (unpaired) electrons. The van der Waals surface area contributed by atoms with Crippen molar-refractivity contribution in [3.8, 4) is 0 Å². The van der Waals surface area contributed by atoms with Crippen molar-refractivity contribution in [3.63, 3.8) is 0 Å². The number of urea groups is 1. The lowest BCUT2D eigenvalue weighted by molar-refractivity contribution is -0.148. The highest BCUT2D eigenvalue weighted by molar-refractivity contribution is 6.07. The highest BCUT2D eigenvalue weighted by Gasteiger charge is 2.46. The molecule has 8 nitrogen and oxygen atoms in total. The fourth-order valence-corrected chi connectivity index (χ4v) is 2.91. The van der Waals surface area contributed by atoms with Crippen LogP contribution in [-0.2, 0) is 15.1 Å². The fourth-order valence-electron chi connectivity index (χ4n) is 2.91. The Morgan fingerprint density at radius 3 is 2.21 bits per heavy atom. The fraction of sp³-hybridized carbons (Fsp3) is 0.375. The van der Waals surface area contributed by atoms with Gasteiger partial charge in [0.1, 0.15) is 11.1 Å². The minimum Gasteiger partial charge on any atom is -0.480 e. The molecule has 3 rings (SSSR count). The standard InChI is InChI=1S/C16H17N3O5/c1-15(12(21)17-14(24)19-15)10-5-3-9(4-6-10)11(20)18-16(13(22)23)7-2-8-16/h3-6H,2,7-8H2,1H3,(H,18,20)(H,22,23)(H2,17,19,21,24). The van der Waals surface area contributed by atoms with Crippen LogP contribution in [-0.4, -0.2) is 34.5 Å². The number of aliphatic carboxylic acids is 1. The number of carbonyl (C=O) groups excluding carboxylic acids is 3. The van der Waals surface area contributed by atoms with E-state index in [2.05, 4.69) is 16.0 Å². The maximum atomic E-state index is 12.3. The summed E-state index contributed by atoms with van der Waals surface area (Å²) >= 11 is 0. The van der Waals surface area contributed by atoms with Crippen LogP contribution in [0.25, 0.3) is 0 Å². The molecular formula is C16H17N3O5. The van der Waals surface area contributed by atoms with Gasteiger partial charge in [0, 0.05) is 5.56 Å². The second-order valence-corrected chi connectivity index (χ2v) is 6.31. The zero-order valence-electron chi connectivity index (χ0n) is 13.0. The van der Waals surface area contributed by atoms with Gasteiger partial charge in [0.15, 0.2) is 0 Å². The predicted octanol–water partition coefficient (Wildman–Crippen LogP) is 0.478. The Balaban J connectivity index is 1.77. The summed E-state index contributed by atoms with van der Waals surface area (Å²) in [4.78, 5) is 46.8. The van der Waals surface area contributed by atoms with Gasteiger partial charge in [0.05, 0.1) is 0 Å². The first kappa shape index (κ1) is 16.0. The molecule has 1 aromatic rings. The van der Waals surface area contributed by atoms with E-state index in [0.29, 0.717) is 24.0 Å². The number of hydrogen-bond acceptors (Lipinski definition) is 4. The average Bonchev–Trinajstić information content (AvgIpc) is 2.76. The van der Waals surface area contributed by atoms with Gasteiger partial charge in [-0.1, -0.05) is 12.1 Å². The lowest BCUT2D eigenvalue weighted by atomic mass is 9.76. The van der Waals surface area contributed by atoms with E-state index in [1.807, 2.05) is 0 Å². The molecule has 8 heteroatoms. The zero-order valence-corrected chi connectivity index (χ0v) is 13.0. The lowest BCUT2D eigenvalue weighted by Crippen LogP contribution is -2.59. The van der Waals surface area contributed by atoms with Crippen molar-refractivity contribution in [1.29, 1.82) is 0 Å². The highest BCUT2D eigenvalue weighted by Crippen LogP contribution is 2.32. The molecule has 2 fully saturated rings. The van der Waals surface area contributed by atoms with Crippen LogP contribution in [0.3, 0.4) is 0 Å². The number of rotatable bonds is 4. The molecule has 1 saturated carbocycles. The number of hydrogen-bond donors (Lipinski definition) is 4. The van der Waals surface area contributed by atoms with Crippen molar-refractivity contribution in [3.05, 3.63) is 35.4 Å². The van der Waals surface area contributed by atoms with Crippen LogP contribution in [0.2, 0.25) is 0 Å². The van der Waals surface area contributed by atoms with Gasteiger partial charge in [-0.15, -0.1) is 0 Å². The van der Waals surface area contributed by atoms with Gasteiger partial charge in [-0.05, 0) is 43.9 Å². The topological polar surface area (TPSA) is 125 Å². The number of amides is 4. The number of carbonyl (C=O) groups is 4. The second kappa shape index (κ2) is 5.33. The van der Waals surface area contributed by atoms with Crippen LogP contribution in [0.5, 0.6) is 0 Å². The predicted molar refractivity (Wildman–Crippen MR) is 82.2 cm³/mol. The second-order valence-electron chi connectivity index (χ2n) is 6.31. The van der Waals surface area contributed by atoms with E-state index >= 15 is 0 Å². The van der Waals surface area contributed by atoms with Gasteiger partial charge < -0.3 is 15.7 Å². The van der Waals surface area contributed by atoms with Gasteiger partial charge in [-0.25, -0.2) is 9.59 Å². The molecule has 24 heavy (non-hydrogen) atoms. The average molecular weight is 331 g/mol. The molecule has 0 aromatic heterocycles. The number of carboxylic acid groups (broad SMARTS) is 1. The van der Waals surface area contributed by atoms with E-state index in [9.17, 15) is 24.3 Å². The maximum absolute atomic E-state index is 12.3. The van der Waals surface area contributed by atoms with Crippen molar-refractivity contribution in [2.45, 2.75) is 37.3 Å². The largest absolute Gasteiger partial charge is 0.480 e. The molecule has 0 spiro atoms. The third-order valence-corrected chi connectivity index (χ3v) is 4.74. The molecule has 126 valence electrons. The van der Waals surface area contributed by atoms with E-state index in [-0.39, 0.29) is 0 Å². The maximum Gasteiger partial charge on any atom is 0.329 e. The Hall–Kier alpha value is -2.90. The number of nitrogens with one attached hydrogen (secondary N) is 3. The van der Waals surface area contributed by atoms with Crippen molar-refractivity contribution in [1.82, 2.24) is 16.0 Å². The summed E-state index contributed by atoms with van der Waals surface area (Å²) in [7, 11) is 0. The quantitative estimate of drug-likeness (QED) is 0.597. The van der Waals surface area contributed by atoms with E-state index in [1.165, 1.54) is 12.1 Å². The van der Waals surface area contributed by atoms with E-state index in [4.69, 9.17) is 0 Å². The summed E-state index contributed by atoms with van der Waals surface area (Å²) in [5, 5.41) is 16.5. The molecule has 1 heterocycles. The molecule has 1 aromatic carbocycles. The van der Waals surface area contributed by atoms with E-state index in [0.717, 1.165) is 6.42 Å². The van der Waals surface area contributed by atoms with Gasteiger partial charge in [-0.3, -0.25) is 14.9 Å². The first-order valence-corrected chi connectivity index (χ1v) is 7.57. The SMILES string of the molecule is CC1(c2ccc(C(=O)NC3(C(=O)O)CCC3)cc2)NC(=O)NC1=O. The van der Waals surface area contributed by atoms with Crippen molar-refractivity contribution in [2.75, 3.05) is 0 Å². The summed E-state index contributed by atoms with van der Waals surface area (Å²) in [6.07, 6.45) is 1.59. The van der Waals surface area contributed by atoms with Crippen molar-refractivity contribution < 1.29 is 24.3 Å². The first-order chi connectivity index (χ1) is 11.3. The van der Waals surface area contributed by atoms with Gasteiger partial charge in [0.25, 0.3) is 11.8 Å². The lowest BCUT2D eigenvalue weighted by Gasteiger charge is -2.38. The van der Waals surface area contributed by atoms with Crippen LogP contribution in [0.1, 0.15) is 42.1 Å². The molecule has 1 unspecified atom stereocenters. The van der Waals surface area contributed by atoms with Crippen LogP contribution in [0.4, 0.5) is 4.79 Å². The summed E-state index contributed by atoms with van der Waals surface area (Å²) in [5.41, 5.74) is -1.55. The minimum absolute atomic E-state index is 0.291. The van der Waals surface area contributed by atoms with E-state index in [1.54, 1.807) is 19.1 Å². The van der Waals surface area contributed by atoms with Crippen LogP contribution in [0, 0.1) is 0 Å². The molecule has 2 aliphatic rings. The smallest absolute Gasteiger partial charge is 0.329 e. The Morgan fingerprint density at radius 2 is 1.79 bits per heavy atom. The number of benzene rings is 1. The van der Waals surface area contributed by atoms with Gasteiger partial charge in [-0.2, -0.15) is 0 Å². The monoisotopic (exact) mass is 331 g/mol. The molecule has 1 atom stereocenters.